The molecule has 9 nitrogen and oxygen atoms in total. The third-order valence-electron chi connectivity index (χ3n) is 12.3. The number of ether oxygens (including phenoxy) is 7. The smallest absolute Gasteiger partial charge is 0.126 e. The molecular formula is C56H78O9. The van der Waals surface area contributed by atoms with Gasteiger partial charge in [0.15, 0.2) is 0 Å². The molecule has 10 bridgehead atoms. The Morgan fingerprint density at radius 2 is 0.600 bits per heavy atom. The van der Waals surface area contributed by atoms with Crippen LogP contribution in [0.3, 0.4) is 0 Å². The molecule has 0 aromatic heterocycles. The Morgan fingerprint density at radius 3 is 0.862 bits per heavy atom. The lowest BCUT2D eigenvalue weighted by Gasteiger charge is -2.29. The predicted octanol–water partition coefficient (Wildman–Crippen LogP) is 10.1. The summed E-state index contributed by atoms with van der Waals surface area (Å²) in [6.07, 6.45) is 2.10. The second-order valence-corrected chi connectivity index (χ2v) is 21.9. The van der Waals surface area contributed by atoms with Gasteiger partial charge in [0.2, 0.25) is 0 Å². The van der Waals surface area contributed by atoms with Crippen LogP contribution in [-0.4, -0.2) is 89.5 Å². The third kappa shape index (κ3) is 13.1. The maximum Gasteiger partial charge on any atom is 0.126 e. The first kappa shape index (κ1) is 50.3. The fourth-order valence-corrected chi connectivity index (χ4v) is 8.61. The van der Waals surface area contributed by atoms with E-state index in [1.54, 1.807) is 0 Å². The monoisotopic (exact) mass is 895 g/mol. The van der Waals surface area contributed by atoms with Crippen molar-refractivity contribution >= 4 is 0 Å². The van der Waals surface area contributed by atoms with E-state index in [-0.39, 0.29) is 48.1 Å². The van der Waals surface area contributed by atoms with E-state index >= 15 is 0 Å². The van der Waals surface area contributed by atoms with Gasteiger partial charge in [0.25, 0.3) is 0 Å². The van der Waals surface area contributed by atoms with E-state index in [1.807, 2.05) is 0 Å². The molecule has 2 aliphatic rings. The van der Waals surface area contributed by atoms with Gasteiger partial charge >= 0.3 is 0 Å². The van der Waals surface area contributed by atoms with Crippen LogP contribution in [0.4, 0.5) is 0 Å². The Morgan fingerprint density at radius 1 is 0.369 bits per heavy atom. The van der Waals surface area contributed by atoms with Crippen LogP contribution in [0.2, 0.25) is 0 Å². The largest absolute Gasteiger partial charge is 0.491 e. The van der Waals surface area contributed by atoms with Gasteiger partial charge in [0.1, 0.15) is 49.4 Å². The maximum absolute atomic E-state index is 10.3. The van der Waals surface area contributed by atoms with Gasteiger partial charge in [-0.05, 0) is 88.4 Å². The van der Waals surface area contributed by atoms with Crippen molar-refractivity contribution in [2.45, 2.75) is 130 Å². The minimum absolute atomic E-state index is 0.123. The summed E-state index contributed by atoms with van der Waals surface area (Å²) in [5.74, 6) is 3.18. The van der Waals surface area contributed by atoms with Crippen molar-refractivity contribution in [1.29, 1.82) is 0 Å². The molecular weight excluding hydrogens is 817 g/mol. The lowest BCUT2D eigenvalue weighted by atomic mass is 9.79. The van der Waals surface area contributed by atoms with Crippen LogP contribution in [0.5, 0.6) is 23.0 Å². The van der Waals surface area contributed by atoms with Crippen molar-refractivity contribution in [3.8, 4) is 23.0 Å². The molecule has 4 aromatic carbocycles. The van der Waals surface area contributed by atoms with Crippen LogP contribution in [0.25, 0.3) is 0 Å². The van der Waals surface area contributed by atoms with E-state index in [2.05, 4.69) is 132 Å². The molecule has 0 spiro atoms. The highest BCUT2D eigenvalue weighted by atomic mass is 16.6. The lowest BCUT2D eigenvalue weighted by Crippen LogP contribution is -2.19. The van der Waals surface area contributed by atoms with E-state index in [1.165, 1.54) is 22.3 Å². The Kier molecular flexibility index (Phi) is 16.4. The van der Waals surface area contributed by atoms with E-state index in [0.29, 0.717) is 78.5 Å². The SMILES string of the molecule is CC(C)(C)c1cc2c(OCCO)c(c1)Cc1cc(C(C)(C)C)cc3c1OCCOCCOCCOCCOc1c(cc(C(C)(C)C)cc1C3)Cc1cc(C(C)(C)C)cc(c1OCCO)C2. The number of aliphatic hydroxyl groups excluding tert-OH is 2. The highest BCUT2D eigenvalue weighted by Crippen LogP contribution is 2.44. The molecule has 0 radical (unpaired) electrons. The van der Waals surface area contributed by atoms with Crippen molar-refractivity contribution in [1.82, 2.24) is 0 Å². The Hall–Kier alpha value is -4.12. The lowest BCUT2D eigenvalue weighted by molar-refractivity contribution is 0.00474. The standard InChI is InChI=1S/C56H78O9/c1-53(2,3)45-29-37-25-38-30-46(54(4,5)6)32-40(50(38)63-16-14-58)27-42-34-48(56(10,11)12)36-44-28-43-35-47(55(7,8)9)33-41(26-39(31-45)49(37)62-15-13-57)51(43)64-23-21-60-19-17-59-18-20-61-22-24-65-52(42)44/h29-36,57-58H,13-28H2,1-12H3. The van der Waals surface area contributed by atoms with Crippen LogP contribution in [0, 0.1) is 0 Å². The summed E-state index contributed by atoms with van der Waals surface area (Å²) in [6.45, 7) is 30.5. The number of benzene rings is 4. The summed E-state index contributed by atoms with van der Waals surface area (Å²) < 4.78 is 45.2. The quantitative estimate of drug-likeness (QED) is 0.172. The maximum atomic E-state index is 10.3. The third-order valence-corrected chi connectivity index (χ3v) is 12.3. The minimum atomic E-state index is -0.192. The molecule has 1 aliphatic carbocycles. The molecule has 4 aromatic rings. The fourth-order valence-electron chi connectivity index (χ4n) is 8.61. The first-order chi connectivity index (χ1) is 30.7. The highest BCUT2D eigenvalue weighted by Gasteiger charge is 2.29. The zero-order valence-corrected chi connectivity index (χ0v) is 41.7. The molecule has 65 heavy (non-hydrogen) atoms. The van der Waals surface area contributed by atoms with Crippen molar-refractivity contribution < 1.29 is 43.4 Å². The van der Waals surface area contributed by atoms with Gasteiger partial charge in [-0.2, -0.15) is 0 Å². The summed E-state index contributed by atoms with van der Waals surface area (Å²) in [4.78, 5) is 0. The summed E-state index contributed by atoms with van der Waals surface area (Å²) in [5.41, 5.74) is 12.3. The van der Waals surface area contributed by atoms with Crippen molar-refractivity contribution in [2.75, 3.05) is 79.3 Å². The average Bonchev–Trinajstić information content (AvgIpc) is 3.20. The number of aliphatic hydroxyl groups is 2. The van der Waals surface area contributed by atoms with Gasteiger partial charge in [-0.25, -0.2) is 0 Å². The molecule has 1 heterocycles. The second kappa shape index (κ2) is 21.2. The Balaban J connectivity index is 1.77. The topological polar surface area (TPSA) is 105 Å². The van der Waals surface area contributed by atoms with E-state index in [4.69, 9.17) is 33.2 Å². The average molecular weight is 895 g/mol. The highest BCUT2D eigenvalue weighted by molar-refractivity contribution is 5.60. The van der Waals surface area contributed by atoms with Crippen LogP contribution < -0.4 is 18.9 Å². The second-order valence-electron chi connectivity index (χ2n) is 21.9. The van der Waals surface area contributed by atoms with Crippen molar-refractivity contribution in [2.24, 2.45) is 0 Å². The molecule has 0 unspecified atom stereocenters. The van der Waals surface area contributed by atoms with Gasteiger partial charge in [-0.15, -0.1) is 0 Å². The molecule has 0 amide bonds. The molecule has 0 saturated heterocycles. The predicted molar refractivity (Wildman–Crippen MR) is 260 cm³/mol. The molecule has 0 saturated carbocycles. The minimum Gasteiger partial charge on any atom is -0.491 e. The Bertz CT molecular complexity index is 2070. The summed E-state index contributed by atoms with van der Waals surface area (Å²) in [5, 5.41) is 20.5. The number of fused-ring (bicyclic) bond motifs is 4. The molecule has 0 fully saturated rings. The van der Waals surface area contributed by atoms with Crippen molar-refractivity contribution in [3.63, 3.8) is 0 Å². The first-order valence-corrected chi connectivity index (χ1v) is 23.8. The molecule has 356 valence electrons. The number of rotatable bonds is 6. The van der Waals surface area contributed by atoms with Crippen LogP contribution in [0.1, 0.15) is 150 Å². The number of hydrogen-bond acceptors (Lipinski definition) is 9. The van der Waals surface area contributed by atoms with Crippen LogP contribution in [0.15, 0.2) is 48.5 Å². The van der Waals surface area contributed by atoms with E-state index in [9.17, 15) is 10.2 Å². The zero-order chi connectivity index (χ0) is 47.2. The van der Waals surface area contributed by atoms with Gasteiger partial charge < -0.3 is 43.4 Å². The molecule has 2 N–H and O–H groups in total. The van der Waals surface area contributed by atoms with Gasteiger partial charge in [-0.1, -0.05) is 132 Å². The first-order valence-electron chi connectivity index (χ1n) is 23.8. The fraction of sp³-hybridized carbons (Fsp3) is 0.571. The molecule has 1 aliphatic heterocycles. The van der Waals surface area contributed by atoms with E-state index in [0.717, 1.165) is 67.5 Å². The van der Waals surface area contributed by atoms with Gasteiger partial charge in [0, 0.05) is 25.7 Å². The van der Waals surface area contributed by atoms with Gasteiger partial charge in [-0.3, -0.25) is 0 Å². The van der Waals surface area contributed by atoms with E-state index < -0.39 is 0 Å². The molecule has 9 heteroatoms. The summed E-state index contributed by atoms with van der Waals surface area (Å²) in [7, 11) is 0. The normalized spacial score (nSPS) is 16.0. The molecule has 6 rings (SSSR count). The summed E-state index contributed by atoms with van der Waals surface area (Å²) >= 11 is 0. The summed E-state index contributed by atoms with van der Waals surface area (Å²) in [6, 6.07) is 18.4. The van der Waals surface area contributed by atoms with Crippen LogP contribution in [-0.2, 0) is 61.6 Å². The van der Waals surface area contributed by atoms with Gasteiger partial charge in [0.05, 0.1) is 52.9 Å². The zero-order valence-electron chi connectivity index (χ0n) is 41.7. The Labute approximate surface area is 390 Å². The number of hydrogen-bond donors (Lipinski definition) is 2. The van der Waals surface area contributed by atoms with Crippen LogP contribution >= 0.6 is 0 Å². The van der Waals surface area contributed by atoms with Crippen molar-refractivity contribution in [3.05, 3.63) is 115 Å². The molecule has 0 atom stereocenters.